The summed E-state index contributed by atoms with van der Waals surface area (Å²) in [6, 6.07) is 12.7. The van der Waals surface area contributed by atoms with E-state index in [1.54, 1.807) is 24.3 Å². The summed E-state index contributed by atoms with van der Waals surface area (Å²) in [7, 11) is -3.80. The quantitative estimate of drug-likeness (QED) is 0.793. The molecule has 0 aliphatic carbocycles. The molecule has 7 heteroatoms. The lowest BCUT2D eigenvalue weighted by Gasteiger charge is -2.34. The maximum atomic E-state index is 12.5. The van der Waals surface area contributed by atoms with Gasteiger partial charge in [0.15, 0.2) is 5.78 Å². The number of Topliss-reactive ketones (excluding diaryl/α,β-unsaturated/α-hetero) is 1. The van der Waals surface area contributed by atoms with E-state index in [0.717, 1.165) is 0 Å². The van der Waals surface area contributed by atoms with Crippen LogP contribution in [-0.2, 0) is 15.6 Å². The van der Waals surface area contributed by atoms with Gasteiger partial charge in [0.05, 0.1) is 11.5 Å². The third-order valence-electron chi connectivity index (χ3n) is 4.29. The normalized spacial score (nSPS) is 19.8. The molecule has 1 heterocycles. The Morgan fingerprint density at radius 1 is 1.20 bits per heavy atom. The fraction of sp³-hybridized carbons (Fsp3) is 0.278. The lowest BCUT2D eigenvalue weighted by Crippen LogP contribution is -2.43. The van der Waals surface area contributed by atoms with Crippen LogP contribution in [0, 0.1) is 0 Å². The van der Waals surface area contributed by atoms with Gasteiger partial charge in [-0.15, -0.1) is 0 Å². The van der Waals surface area contributed by atoms with Crippen molar-refractivity contribution >= 4 is 15.8 Å². The predicted octanol–water partition coefficient (Wildman–Crippen LogP) is 1.84. The highest BCUT2D eigenvalue weighted by atomic mass is 32.2. The molecule has 1 atom stereocenters. The van der Waals surface area contributed by atoms with Gasteiger partial charge in [0.2, 0.25) is 10.0 Å². The summed E-state index contributed by atoms with van der Waals surface area (Å²) in [6.07, 6.45) is 0.288. The van der Waals surface area contributed by atoms with E-state index in [9.17, 15) is 18.3 Å². The molecule has 0 bridgehead atoms. The van der Waals surface area contributed by atoms with Gasteiger partial charge in [0.25, 0.3) is 0 Å². The molecule has 1 aliphatic heterocycles. The van der Waals surface area contributed by atoms with Crippen LogP contribution >= 0.6 is 0 Å². The lowest BCUT2D eigenvalue weighted by molar-refractivity contribution is 0.00219. The van der Waals surface area contributed by atoms with Gasteiger partial charge in [-0.1, -0.05) is 30.3 Å². The maximum Gasteiger partial charge on any atom is 0.240 e. The average Bonchev–Trinajstić information content (AvgIpc) is 2.61. The molecule has 6 nitrogen and oxygen atoms in total. The SMILES string of the molecule is CC(=O)c1ccc(S(=O)(=O)NCC2(O)CCOc3ccccc32)cc1. The van der Waals surface area contributed by atoms with Crippen LogP contribution in [0.4, 0.5) is 0 Å². The van der Waals surface area contributed by atoms with Crippen LogP contribution in [0.1, 0.15) is 29.3 Å². The third-order valence-corrected chi connectivity index (χ3v) is 5.70. The number of rotatable bonds is 5. The van der Waals surface area contributed by atoms with Gasteiger partial charge in [-0.25, -0.2) is 13.1 Å². The van der Waals surface area contributed by atoms with Crippen molar-refractivity contribution in [1.82, 2.24) is 4.72 Å². The molecule has 2 N–H and O–H groups in total. The minimum atomic E-state index is -3.80. The summed E-state index contributed by atoms with van der Waals surface area (Å²) < 4.78 is 32.9. The Morgan fingerprint density at radius 2 is 1.88 bits per heavy atom. The largest absolute Gasteiger partial charge is 0.493 e. The van der Waals surface area contributed by atoms with Crippen LogP contribution in [0.25, 0.3) is 0 Å². The minimum Gasteiger partial charge on any atom is -0.493 e. The Balaban J connectivity index is 1.80. The molecule has 132 valence electrons. The standard InChI is InChI=1S/C18H19NO5S/c1-13(20)14-6-8-15(9-7-14)25(22,23)19-12-18(21)10-11-24-17-5-3-2-4-16(17)18/h2-9,19,21H,10-12H2,1H3. The van der Waals surface area contributed by atoms with E-state index in [0.29, 0.717) is 23.5 Å². The summed E-state index contributed by atoms with van der Waals surface area (Å²) in [4.78, 5) is 11.3. The van der Waals surface area contributed by atoms with E-state index >= 15 is 0 Å². The maximum absolute atomic E-state index is 12.5. The number of carbonyl (C=O) groups is 1. The van der Waals surface area contributed by atoms with Crippen molar-refractivity contribution in [3.8, 4) is 5.75 Å². The van der Waals surface area contributed by atoms with Crippen molar-refractivity contribution in [1.29, 1.82) is 0 Å². The number of fused-ring (bicyclic) bond motifs is 1. The predicted molar refractivity (Wildman–Crippen MR) is 92.1 cm³/mol. The number of hydrogen-bond acceptors (Lipinski definition) is 5. The number of aliphatic hydroxyl groups is 1. The Bertz CT molecular complexity index is 892. The number of nitrogens with one attached hydrogen (secondary N) is 1. The summed E-state index contributed by atoms with van der Waals surface area (Å²) in [5.74, 6) is 0.422. The molecule has 2 aromatic carbocycles. The van der Waals surface area contributed by atoms with Crippen LogP contribution in [0.5, 0.6) is 5.75 Å². The third kappa shape index (κ3) is 3.58. The number of ketones is 1. The van der Waals surface area contributed by atoms with E-state index < -0.39 is 15.6 Å². The number of carbonyl (C=O) groups excluding carboxylic acids is 1. The van der Waals surface area contributed by atoms with Gasteiger partial charge in [0.1, 0.15) is 11.4 Å². The number of sulfonamides is 1. The molecule has 0 saturated carbocycles. The van der Waals surface area contributed by atoms with Crippen LogP contribution in [0.3, 0.4) is 0 Å². The molecule has 25 heavy (non-hydrogen) atoms. The van der Waals surface area contributed by atoms with Crippen LogP contribution < -0.4 is 9.46 Å². The number of hydrogen-bond donors (Lipinski definition) is 2. The molecule has 0 amide bonds. The van der Waals surface area contributed by atoms with Gasteiger partial charge >= 0.3 is 0 Å². The second kappa shape index (κ2) is 6.59. The molecule has 0 saturated heterocycles. The topological polar surface area (TPSA) is 92.7 Å². The van der Waals surface area contributed by atoms with Crippen LogP contribution in [0.2, 0.25) is 0 Å². The van der Waals surface area contributed by atoms with E-state index in [4.69, 9.17) is 4.74 Å². The highest BCUT2D eigenvalue weighted by Crippen LogP contribution is 2.36. The van der Waals surface area contributed by atoms with Gasteiger partial charge in [0, 0.05) is 24.1 Å². The molecule has 0 aromatic heterocycles. The zero-order valence-electron chi connectivity index (χ0n) is 13.7. The zero-order valence-corrected chi connectivity index (χ0v) is 14.5. The molecule has 0 fully saturated rings. The fourth-order valence-corrected chi connectivity index (χ4v) is 3.88. The Kier molecular flexibility index (Phi) is 4.64. The Labute approximate surface area is 146 Å². The van der Waals surface area contributed by atoms with E-state index in [1.807, 2.05) is 0 Å². The highest BCUT2D eigenvalue weighted by molar-refractivity contribution is 7.89. The molecule has 1 unspecified atom stereocenters. The van der Waals surface area contributed by atoms with E-state index in [2.05, 4.69) is 4.72 Å². The monoisotopic (exact) mass is 361 g/mol. The van der Waals surface area contributed by atoms with Crippen molar-refractivity contribution in [3.63, 3.8) is 0 Å². The molecular formula is C18H19NO5S. The van der Waals surface area contributed by atoms with E-state index in [-0.39, 0.29) is 23.6 Å². The number of benzene rings is 2. The summed E-state index contributed by atoms with van der Waals surface area (Å²) >= 11 is 0. The van der Waals surface area contributed by atoms with Gasteiger partial charge in [-0.2, -0.15) is 0 Å². The van der Waals surface area contributed by atoms with Gasteiger partial charge in [-0.3, -0.25) is 4.79 Å². The fourth-order valence-electron chi connectivity index (χ4n) is 2.79. The smallest absolute Gasteiger partial charge is 0.240 e. The highest BCUT2D eigenvalue weighted by Gasteiger charge is 2.36. The van der Waals surface area contributed by atoms with Crippen molar-refractivity contribution < 1.29 is 23.1 Å². The van der Waals surface area contributed by atoms with Crippen molar-refractivity contribution in [3.05, 3.63) is 59.7 Å². The summed E-state index contributed by atoms with van der Waals surface area (Å²) in [6.45, 7) is 1.56. The molecule has 3 rings (SSSR count). The molecule has 2 aromatic rings. The summed E-state index contributed by atoms with van der Waals surface area (Å²) in [5.41, 5.74) is -0.326. The number of ether oxygens (including phenoxy) is 1. The first-order valence-corrected chi connectivity index (χ1v) is 9.35. The van der Waals surface area contributed by atoms with Crippen LogP contribution in [-0.4, -0.2) is 32.5 Å². The summed E-state index contributed by atoms with van der Waals surface area (Å²) in [5, 5.41) is 10.9. The second-order valence-corrected chi connectivity index (χ2v) is 7.80. The zero-order chi connectivity index (χ0) is 18.1. The average molecular weight is 361 g/mol. The van der Waals surface area contributed by atoms with Gasteiger partial charge < -0.3 is 9.84 Å². The first kappa shape index (κ1) is 17.6. The molecular weight excluding hydrogens is 342 g/mol. The first-order chi connectivity index (χ1) is 11.8. The Hall–Kier alpha value is -2.22. The van der Waals surface area contributed by atoms with Gasteiger partial charge in [-0.05, 0) is 25.1 Å². The lowest BCUT2D eigenvalue weighted by atomic mass is 9.88. The second-order valence-electron chi connectivity index (χ2n) is 6.03. The molecule has 0 radical (unpaired) electrons. The van der Waals surface area contributed by atoms with Crippen molar-refractivity contribution in [2.24, 2.45) is 0 Å². The van der Waals surface area contributed by atoms with E-state index in [1.165, 1.54) is 31.2 Å². The van der Waals surface area contributed by atoms with Crippen molar-refractivity contribution in [2.45, 2.75) is 23.8 Å². The Morgan fingerprint density at radius 3 is 2.56 bits per heavy atom. The minimum absolute atomic E-state index is 0.0430. The molecule has 0 spiro atoms. The first-order valence-electron chi connectivity index (χ1n) is 7.87. The van der Waals surface area contributed by atoms with Crippen molar-refractivity contribution in [2.75, 3.05) is 13.2 Å². The number of para-hydroxylation sites is 1. The molecule has 1 aliphatic rings. The van der Waals surface area contributed by atoms with Crippen LogP contribution in [0.15, 0.2) is 53.4 Å².